The summed E-state index contributed by atoms with van der Waals surface area (Å²) in [5, 5.41) is 0. The maximum atomic E-state index is 13.2. The van der Waals surface area contributed by atoms with E-state index in [0.717, 1.165) is 11.6 Å². The summed E-state index contributed by atoms with van der Waals surface area (Å²) in [7, 11) is -3.66. The maximum absolute atomic E-state index is 13.2. The first-order chi connectivity index (χ1) is 10.4. The first-order valence-corrected chi connectivity index (χ1v) is 8.32. The highest BCUT2D eigenvalue weighted by Gasteiger charge is 2.14. The van der Waals surface area contributed by atoms with Gasteiger partial charge in [-0.2, -0.15) is 0 Å². The van der Waals surface area contributed by atoms with Crippen molar-refractivity contribution in [3.63, 3.8) is 0 Å². The number of aryl methyl sites for hydroxylation is 2. The van der Waals surface area contributed by atoms with Gasteiger partial charge >= 0.3 is 0 Å². The van der Waals surface area contributed by atoms with E-state index in [9.17, 15) is 12.8 Å². The van der Waals surface area contributed by atoms with E-state index in [-0.39, 0.29) is 18.0 Å². The molecule has 6 heteroatoms. The molecular weight excluding hydrogens is 305 g/mol. The van der Waals surface area contributed by atoms with Crippen LogP contribution in [0.1, 0.15) is 11.1 Å². The molecule has 0 fully saturated rings. The van der Waals surface area contributed by atoms with Gasteiger partial charge in [-0.1, -0.05) is 17.7 Å². The predicted octanol–water partition coefficient (Wildman–Crippen LogP) is 2.80. The third-order valence-corrected chi connectivity index (χ3v) is 4.58. The molecule has 0 aliphatic carbocycles. The summed E-state index contributed by atoms with van der Waals surface area (Å²) >= 11 is 0. The molecule has 2 rings (SSSR count). The van der Waals surface area contributed by atoms with E-state index in [1.165, 1.54) is 19.1 Å². The third-order valence-electron chi connectivity index (χ3n) is 3.12. The lowest BCUT2D eigenvalue weighted by atomic mass is 10.2. The van der Waals surface area contributed by atoms with Gasteiger partial charge in [0, 0.05) is 6.54 Å². The number of halogens is 1. The Morgan fingerprint density at radius 2 is 1.77 bits per heavy atom. The Kier molecular flexibility index (Phi) is 5.15. The van der Waals surface area contributed by atoms with Gasteiger partial charge in [-0.15, -0.1) is 0 Å². The molecule has 0 saturated heterocycles. The highest BCUT2D eigenvalue weighted by atomic mass is 32.2. The highest BCUT2D eigenvalue weighted by Crippen LogP contribution is 2.14. The van der Waals surface area contributed by atoms with Crippen LogP contribution in [-0.4, -0.2) is 21.6 Å². The molecular formula is C16H18FNO3S. The standard InChI is InChI=1S/C16H18FNO3S/c1-12-3-5-14(6-4-12)21-10-9-18-22(19,20)15-7-8-16(17)13(2)11-15/h3-8,11,18H,9-10H2,1-2H3. The largest absolute Gasteiger partial charge is 0.492 e. The Labute approximate surface area is 130 Å². The van der Waals surface area contributed by atoms with Crippen LogP contribution in [0.15, 0.2) is 47.4 Å². The van der Waals surface area contributed by atoms with Crippen molar-refractivity contribution in [1.29, 1.82) is 0 Å². The molecule has 0 atom stereocenters. The zero-order valence-electron chi connectivity index (χ0n) is 12.5. The van der Waals surface area contributed by atoms with E-state index >= 15 is 0 Å². The van der Waals surface area contributed by atoms with Crippen molar-refractivity contribution in [2.24, 2.45) is 0 Å². The maximum Gasteiger partial charge on any atom is 0.240 e. The Morgan fingerprint density at radius 3 is 2.41 bits per heavy atom. The minimum Gasteiger partial charge on any atom is -0.492 e. The van der Waals surface area contributed by atoms with Gasteiger partial charge in [0.2, 0.25) is 10.0 Å². The molecule has 0 heterocycles. The summed E-state index contributed by atoms with van der Waals surface area (Å²) in [6.45, 7) is 3.84. The Morgan fingerprint density at radius 1 is 1.09 bits per heavy atom. The van der Waals surface area contributed by atoms with E-state index in [2.05, 4.69) is 4.72 Å². The van der Waals surface area contributed by atoms with Crippen LogP contribution in [0.4, 0.5) is 4.39 Å². The normalized spacial score (nSPS) is 11.4. The number of rotatable bonds is 6. The molecule has 0 spiro atoms. The Hall–Kier alpha value is -1.92. The van der Waals surface area contributed by atoms with Crippen molar-refractivity contribution in [3.05, 3.63) is 59.4 Å². The average molecular weight is 323 g/mol. The number of nitrogens with one attached hydrogen (secondary N) is 1. The molecule has 0 amide bonds. The van der Waals surface area contributed by atoms with Crippen LogP contribution in [0, 0.1) is 19.7 Å². The monoisotopic (exact) mass is 323 g/mol. The van der Waals surface area contributed by atoms with E-state index in [1.54, 1.807) is 0 Å². The van der Waals surface area contributed by atoms with Gasteiger partial charge in [-0.25, -0.2) is 17.5 Å². The Balaban J connectivity index is 1.89. The van der Waals surface area contributed by atoms with Crippen LogP contribution in [-0.2, 0) is 10.0 Å². The summed E-state index contributed by atoms with van der Waals surface area (Å²) < 4.78 is 45.2. The smallest absolute Gasteiger partial charge is 0.240 e. The van der Waals surface area contributed by atoms with Crippen LogP contribution in [0.5, 0.6) is 5.75 Å². The summed E-state index contributed by atoms with van der Waals surface area (Å²) in [6.07, 6.45) is 0. The molecule has 4 nitrogen and oxygen atoms in total. The van der Waals surface area contributed by atoms with Gasteiger partial charge in [0.1, 0.15) is 18.2 Å². The Bertz CT molecular complexity index is 742. The van der Waals surface area contributed by atoms with Gasteiger partial charge in [0.25, 0.3) is 0 Å². The summed E-state index contributed by atoms with van der Waals surface area (Å²) in [4.78, 5) is 0.0433. The van der Waals surface area contributed by atoms with Gasteiger partial charge < -0.3 is 4.74 Å². The average Bonchev–Trinajstić information content (AvgIpc) is 2.48. The fourth-order valence-electron chi connectivity index (χ4n) is 1.85. The molecule has 0 aliphatic heterocycles. The lowest BCUT2D eigenvalue weighted by Crippen LogP contribution is -2.28. The van der Waals surface area contributed by atoms with Crippen LogP contribution < -0.4 is 9.46 Å². The minimum absolute atomic E-state index is 0.0433. The number of hydrogen-bond acceptors (Lipinski definition) is 3. The molecule has 22 heavy (non-hydrogen) atoms. The van der Waals surface area contributed by atoms with E-state index in [1.807, 2.05) is 31.2 Å². The molecule has 0 aromatic heterocycles. The molecule has 0 radical (unpaired) electrons. The quantitative estimate of drug-likeness (QED) is 0.832. The second kappa shape index (κ2) is 6.89. The van der Waals surface area contributed by atoms with Crippen molar-refractivity contribution in [2.75, 3.05) is 13.2 Å². The predicted molar refractivity (Wildman–Crippen MR) is 83.0 cm³/mol. The van der Waals surface area contributed by atoms with Crippen molar-refractivity contribution >= 4 is 10.0 Å². The van der Waals surface area contributed by atoms with Gasteiger partial charge in [0.05, 0.1) is 4.90 Å². The first kappa shape index (κ1) is 16.5. The first-order valence-electron chi connectivity index (χ1n) is 6.84. The van der Waals surface area contributed by atoms with Crippen molar-refractivity contribution in [1.82, 2.24) is 4.72 Å². The van der Waals surface area contributed by atoms with E-state index in [4.69, 9.17) is 4.74 Å². The third kappa shape index (κ3) is 4.29. The fourth-order valence-corrected chi connectivity index (χ4v) is 2.94. The van der Waals surface area contributed by atoms with Gasteiger partial charge in [-0.05, 0) is 49.7 Å². The molecule has 1 N–H and O–H groups in total. The molecule has 2 aromatic carbocycles. The molecule has 2 aromatic rings. The van der Waals surface area contributed by atoms with E-state index in [0.29, 0.717) is 11.3 Å². The van der Waals surface area contributed by atoms with E-state index < -0.39 is 15.8 Å². The topological polar surface area (TPSA) is 55.4 Å². The van der Waals surface area contributed by atoms with Gasteiger partial charge in [-0.3, -0.25) is 0 Å². The molecule has 0 aliphatic rings. The lowest BCUT2D eigenvalue weighted by molar-refractivity contribution is 0.323. The SMILES string of the molecule is Cc1ccc(OCCNS(=O)(=O)c2ccc(F)c(C)c2)cc1. The summed E-state index contributed by atoms with van der Waals surface area (Å²) in [6, 6.07) is 11.2. The van der Waals surface area contributed by atoms with Crippen LogP contribution in [0.3, 0.4) is 0 Å². The van der Waals surface area contributed by atoms with Crippen molar-refractivity contribution in [3.8, 4) is 5.75 Å². The second-order valence-electron chi connectivity index (χ2n) is 4.97. The van der Waals surface area contributed by atoms with Crippen molar-refractivity contribution < 1.29 is 17.5 Å². The minimum atomic E-state index is -3.66. The molecule has 0 bridgehead atoms. The number of benzene rings is 2. The summed E-state index contributed by atoms with van der Waals surface area (Å²) in [5.74, 6) is 0.254. The summed E-state index contributed by atoms with van der Waals surface area (Å²) in [5.41, 5.74) is 1.42. The van der Waals surface area contributed by atoms with Crippen LogP contribution >= 0.6 is 0 Å². The lowest BCUT2D eigenvalue weighted by Gasteiger charge is -2.09. The van der Waals surface area contributed by atoms with Crippen molar-refractivity contribution in [2.45, 2.75) is 18.7 Å². The fraction of sp³-hybridized carbons (Fsp3) is 0.250. The number of sulfonamides is 1. The molecule has 0 saturated carbocycles. The number of ether oxygens (including phenoxy) is 1. The zero-order valence-corrected chi connectivity index (χ0v) is 13.3. The van der Waals surface area contributed by atoms with Crippen LogP contribution in [0.25, 0.3) is 0 Å². The molecule has 0 unspecified atom stereocenters. The van der Waals surface area contributed by atoms with Gasteiger partial charge in [0.15, 0.2) is 0 Å². The van der Waals surface area contributed by atoms with Crippen LogP contribution in [0.2, 0.25) is 0 Å². The highest BCUT2D eigenvalue weighted by molar-refractivity contribution is 7.89. The second-order valence-corrected chi connectivity index (χ2v) is 6.74. The molecule has 118 valence electrons. The zero-order chi connectivity index (χ0) is 16.2. The number of hydrogen-bond donors (Lipinski definition) is 1.